The zero-order chi connectivity index (χ0) is 19.1. The summed E-state index contributed by atoms with van der Waals surface area (Å²) >= 11 is 0. The van der Waals surface area contributed by atoms with Crippen LogP contribution in [0.15, 0.2) is 43.0 Å². The number of carbonyl (C=O) groups excluding carboxylic acids is 1. The first-order valence-electron chi connectivity index (χ1n) is 8.55. The Bertz CT molecular complexity index is 894. The number of aryl methyl sites for hydroxylation is 1. The van der Waals surface area contributed by atoms with E-state index in [0.29, 0.717) is 18.2 Å². The molecule has 140 valence electrons. The highest BCUT2D eigenvalue weighted by Crippen LogP contribution is 2.17. The summed E-state index contributed by atoms with van der Waals surface area (Å²) < 4.78 is 7.10. The number of carbonyl (C=O) groups is 1. The monoisotopic (exact) mass is 368 g/mol. The molecule has 3 aromatic heterocycles. The zero-order valence-corrected chi connectivity index (χ0v) is 15.1. The summed E-state index contributed by atoms with van der Waals surface area (Å²) in [5.41, 5.74) is 4.64. The van der Waals surface area contributed by atoms with E-state index in [0.717, 1.165) is 17.8 Å². The molecule has 3 rings (SSSR count). The Balaban J connectivity index is 1.63. The number of ether oxygens (including phenoxy) is 1. The summed E-state index contributed by atoms with van der Waals surface area (Å²) in [5.74, 6) is 0.0497. The second-order valence-electron chi connectivity index (χ2n) is 5.47. The summed E-state index contributed by atoms with van der Waals surface area (Å²) in [6.45, 7) is 5.34. The second-order valence-corrected chi connectivity index (χ2v) is 5.47. The van der Waals surface area contributed by atoms with E-state index in [1.807, 2.05) is 26.0 Å². The molecule has 0 bridgehead atoms. The van der Waals surface area contributed by atoms with Crippen molar-refractivity contribution in [3.8, 4) is 17.1 Å². The molecule has 0 aliphatic heterocycles. The fourth-order valence-corrected chi connectivity index (χ4v) is 2.37. The maximum absolute atomic E-state index is 12.3. The number of nitrogens with one attached hydrogen (secondary N) is 1. The van der Waals surface area contributed by atoms with E-state index < -0.39 is 5.91 Å². The van der Waals surface area contributed by atoms with Gasteiger partial charge in [0.1, 0.15) is 12.3 Å². The van der Waals surface area contributed by atoms with Gasteiger partial charge in [0.15, 0.2) is 0 Å². The number of rotatable bonds is 8. The molecule has 9 heteroatoms. The van der Waals surface area contributed by atoms with E-state index in [1.165, 1.54) is 6.20 Å². The van der Waals surface area contributed by atoms with E-state index in [9.17, 15) is 4.79 Å². The number of nitrogens with zero attached hydrogens (tertiary/aromatic N) is 5. The number of aromatic nitrogens is 5. The molecule has 1 amide bonds. The van der Waals surface area contributed by atoms with Crippen LogP contribution in [0.4, 0.5) is 0 Å². The zero-order valence-electron chi connectivity index (χ0n) is 15.1. The summed E-state index contributed by atoms with van der Waals surface area (Å²) in [7, 11) is 0. The quantitative estimate of drug-likeness (QED) is 0.607. The molecule has 0 fully saturated rings. The molecule has 0 unspecified atom stereocenters. The van der Waals surface area contributed by atoms with Crippen molar-refractivity contribution in [3.05, 3.63) is 54.4 Å². The molecule has 0 aromatic carbocycles. The maximum Gasteiger partial charge on any atom is 0.295 e. The predicted molar refractivity (Wildman–Crippen MR) is 96.6 cm³/mol. The van der Waals surface area contributed by atoms with Crippen molar-refractivity contribution in [3.63, 3.8) is 0 Å². The van der Waals surface area contributed by atoms with Gasteiger partial charge < -0.3 is 4.74 Å². The second kappa shape index (κ2) is 8.86. The van der Waals surface area contributed by atoms with Crippen molar-refractivity contribution >= 4 is 5.91 Å². The van der Waals surface area contributed by atoms with Gasteiger partial charge in [0, 0.05) is 30.6 Å². The lowest BCUT2D eigenvalue weighted by molar-refractivity contribution is 0.0205. The van der Waals surface area contributed by atoms with Crippen LogP contribution in [-0.2, 0) is 18.0 Å². The van der Waals surface area contributed by atoms with Crippen LogP contribution in [0, 0.1) is 0 Å². The number of hydroxylamine groups is 1. The Morgan fingerprint density at radius 1 is 1.19 bits per heavy atom. The third-order valence-corrected chi connectivity index (χ3v) is 3.68. The van der Waals surface area contributed by atoms with E-state index in [4.69, 9.17) is 9.57 Å². The van der Waals surface area contributed by atoms with Crippen LogP contribution in [0.3, 0.4) is 0 Å². The number of hydrogen-bond donors (Lipinski definition) is 1. The van der Waals surface area contributed by atoms with Gasteiger partial charge in [-0.1, -0.05) is 0 Å². The van der Waals surface area contributed by atoms with Gasteiger partial charge in [0.05, 0.1) is 30.4 Å². The summed E-state index contributed by atoms with van der Waals surface area (Å²) in [6, 6.07) is 5.38. The lowest BCUT2D eigenvalue weighted by Gasteiger charge is -2.08. The minimum atomic E-state index is -0.481. The Kier molecular flexibility index (Phi) is 6.06. The van der Waals surface area contributed by atoms with Crippen molar-refractivity contribution < 1.29 is 14.4 Å². The molecule has 0 atom stereocenters. The van der Waals surface area contributed by atoms with Crippen LogP contribution >= 0.6 is 0 Å². The average Bonchev–Trinajstić information content (AvgIpc) is 3.16. The van der Waals surface area contributed by atoms with Gasteiger partial charge in [-0.25, -0.2) is 15.4 Å². The first-order chi connectivity index (χ1) is 13.2. The molecule has 3 heterocycles. The molecule has 1 N–H and O–H groups in total. The smallest absolute Gasteiger partial charge is 0.295 e. The van der Waals surface area contributed by atoms with Crippen molar-refractivity contribution in [1.82, 2.24) is 30.2 Å². The molecule has 0 aliphatic carbocycles. The van der Waals surface area contributed by atoms with Crippen LogP contribution in [0.25, 0.3) is 11.3 Å². The van der Waals surface area contributed by atoms with E-state index >= 15 is 0 Å². The topological polar surface area (TPSA) is 104 Å². The van der Waals surface area contributed by atoms with Gasteiger partial charge in [0.2, 0.25) is 5.88 Å². The van der Waals surface area contributed by atoms with Crippen LogP contribution in [-0.4, -0.2) is 37.2 Å². The average molecular weight is 368 g/mol. The SMILES string of the molecule is CCOc1ccc(-c2cncc(C(=O)NOCc3ccnn3CC)n2)cn1. The highest BCUT2D eigenvalue weighted by molar-refractivity contribution is 5.91. The highest BCUT2D eigenvalue weighted by Gasteiger charge is 2.11. The van der Waals surface area contributed by atoms with Crippen molar-refractivity contribution in [2.75, 3.05) is 6.61 Å². The predicted octanol–water partition coefficient (Wildman–Crippen LogP) is 2.02. The Hall–Kier alpha value is -3.33. The highest BCUT2D eigenvalue weighted by atomic mass is 16.7. The van der Waals surface area contributed by atoms with Gasteiger partial charge in [-0.3, -0.25) is 19.3 Å². The molecular weight excluding hydrogens is 348 g/mol. The van der Waals surface area contributed by atoms with Crippen molar-refractivity contribution in [2.24, 2.45) is 0 Å². The Labute approximate surface area is 156 Å². The summed E-state index contributed by atoms with van der Waals surface area (Å²) in [5, 5.41) is 4.14. The van der Waals surface area contributed by atoms with Crippen molar-refractivity contribution in [1.29, 1.82) is 0 Å². The first kappa shape index (κ1) is 18.5. The molecule has 0 aliphatic rings. The van der Waals surface area contributed by atoms with Gasteiger partial charge in [-0.15, -0.1) is 0 Å². The Morgan fingerprint density at radius 2 is 2.07 bits per heavy atom. The molecule has 0 radical (unpaired) electrons. The fraction of sp³-hybridized carbons (Fsp3) is 0.278. The van der Waals surface area contributed by atoms with Crippen LogP contribution in [0.2, 0.25) is 0 Å². The summed E-state index contributed by atoms with van der Waals surface area (Å²) in [4.78, 5) is 30.1. The lowest BCUT2D eigenvalue weighted by Crippen LogP contribution is -2.25. The van der Waals surface area contributed by atoms with E-state index in [-0.39, 0.29) is 12.3 Å². The van der Waals surface area contributed by atoms with Gasteiger partial charge >= 0.3 is 0 Å². The first-order valence-corrected chi connectivity index (χ1v) is 8.55. The molecular formula is C18H20N6O3. The number of pyridine rings is 1. The molecule has 27 heavy (non-hydrogen) atoms. The molecule has 0 saturated carbocycles. The molecule has 3 aromatic rings. The van der Waals surface area contributed by atoms with Gasteiger partial charge in [0.25, 0.3) is 5.91 Å². The minimum Gasteiger partial charge on any atom is -0.478 e. The normalized spacial score (nSPS) is 10.6. The van der Waals surface area contributed by atoms with Gasteiger partial charge in [-0.2, -0.15) is 5.10 Å². The molecule has 9 nitrogen and oxygen atoms in total. The van der Waals surface area contributed by atoms with Gasteiger partial charge in [-0.05, 0) is 26.0 Å². The number of hydrogen-bond acceptors (Lipinski definition) is 7. The van der Waals surface area contributed by atoms with Crippen LogP contribution < -0.4 is 10.2 Å². The largest absolute Gasteiger partial charge is 0.478 e. The number of amides is 1. The molecule has 0 saturated heterocycles. The fourth-order valence-electron chi connectivity index (χ4n) is 2.37. The Morgan fingerprint density at radius 3 is 2.81 bits per heavy atom. The minimum absolute atomic E-state index is 0.144. The third kappa shape index (κ3) is 4.64. The van der Waals surface area contributed by atoms with E-state index in [1.54, 1.807) is 29.3 Å². The third-order valence-electron chi connectivity index (χ3n) is 3.68. The summed E-state index contributed by atoms with van der Waals surface area (Å²) in [6.07, 6.45) is 6.25. The maximum atomic E-state index is 12.3. The lowest BCUT2D eigenvalue weighted by atomic mass is 10.2. The van der Waals surface area contributed by atoms with Crippen LogP contribution in [0.5, 0.6) is 5.88 Å². The van der Waals surface area contributed by atoms with Crippen molar-refractivity contribution in [2.45, 2.75) is 27.0 Å². The van der Waals surface area contributed by atoms with Crippen LogP contribution in [0.1, 0.15) is 30.0 Å². The molecule has 0 spiro atoms. The standard InChI is InChI=1S/C18H20N6O3/c1-3-24-14(7-8-21-24)12-27-23-18(25)16-11-19-10-15(22-16)13-5-6-17(20-9-13)26-4-2/h5-11H,3-4,12H2,1-2H3,(H,23,25). The van der Waals surface area contributed by atoms with E-state index in [2.05, 4.69) is 25.5 Å².